The molecule has 0 aliphatic carbocycles. The molecule has 33 heavy (non-hydrogen) atoms. The van der Waals surface area contributed by atoms with E-state index in [-0.39, 0.29) is 17.5 Å². The Labute approximate surface area is 192 Å². The van der Waals surface area contributed by atoms with E-state index in [0.717, 1.165) is 16.7 Å². The van der Waals surface area contributed by atoms with E-state index < -0.39 is 0 Å². The molecule has 7 heteroatoms. The van der Waals surface area contributed by atoms with Crippen molar-refractivity contribution in [2.45, 2.75) is 0 Å². The molecule has 2 heterocycles. The van der Waals surface area contributed by atoms with Crippen LogP contribution < -0.4 is 5.32 Å². The molecule has 0 saturated carbocycles. The number of H-pyrrole nitrogens is 1. The number of hydrogen-bond acceptors (Lipinski definition) is 3. The molecule has 3 aromatic carbocycles. The lowest BCUT2D eigenvalue weighted by Gasteiger charge is -2.09. The second-order valence-electron chi connectivity index (χ2n) is 7.33. The van der Waals surface area contributed by atoms with Crippen molar-refractivity contribution in [1.29, 1.82) is 0 Å². The summed E-state index contributed by atoms with van der Waals surface area (Å²) in [4.78, 5) is 20.5. The minimum atomic E-state index is -0.330. The van der Waals surface area contributed by atoms with Gasteiger partial charge in [-0.15, -0.1) is 11.3 Å². The lowest BCUT2D eigenvalue weighted by atomic mass is 10.1. The number of carbonyl (C=O) groups is 1. The lowest BCUT2D eigenvalue weighted by Crippen LogP contribution is -2.12. The first kappa shape index (κ1) is 20.8. The fourth-order valence-electron chi connectivity index (χ4n) is 3.50. The summed E-state index contributed by atoms with van der Waals surface area (Å²) in [6, 6.07) is 21.6. The van der Waals surface area contributed by atoms with Gasteiger partial charge in [-0.3, -0.25) is 4.79 Å². The summed E-state index contributed by atoms with van der Waals surface area (Å²) in [5.74, 6) is -0.965. The number of carbonyl (C=O) groups excluding carboxylic acids is 1. The number of aromatic amines is 1. The maximum Gasteiger partial charge on any atom is 0.272 e. The SMILES string of the molecule is O=C(Nc1ccccc1-c1csc(-c2ccccc2F)n1)c1cc(-c2ccc(F)cc2)c[nH]1. The summed E-state index contributed by atoms with van der Waals surface area (Å²) in [6.07, 6.45) is 1.70. The zero-order chi connectivity index (χ0) is 22.8. The van der Waals surface area contributed by atoms with Crippen molar-refractivity contribution >= 4 is 22.9 Å². The third-order valence-corrected chi connectivity index (χ3v) is 6.04. The first-order valence-corrected chi connectivity index (χ1v) is 11.0. The topological polar surface area (TPSA) is 57.8 Å². The Morgan fingerprint density at radius 1 is 0.879 bits per heavy atom. The first-order chi connectivity index (χ1) is 16.1. The highest BCUT2D eigenvalue weighted by Crippen LogP contribution is 2.34. The second-order valence-corrected chi connectivity index (χ2v) is 8.18. The fraction of sp³-hybridized carbons (Fsp3) is 0. The number of hydrogen-bond donors (Lipinski definition) is 2. The van der Waals surface area contributed by atoms with Crippen LogP contribution in [-0.2, 0) is 0 Å². The number of nitrogens with zero attached hydrogens (tertiary/aromatic N) is 1. The van der Waals surface area contributed by atoms with Crippen molar-refractivity contribution in [2.75, 3.05) is 5.32 Å². The smallest absolute Gasteiger partial charge is 0.272 e. The van der Waals surface area contributed by atoms with Crippen LogP contribution in [0.25, 0.3) is 33.0 Å². The van der Waals surface area contributed by atoms with Crippen LogP contribution in [0.2, 0.25) is 0 Å². The van der Waals surface area contributed by atoms with Crippen LogP contribution in [0.1, 0.15) is 10.5 Å². The standard InChI is InChI=1S/C26H17F2N3OS/c27-18-11-9-16(10-12-18)17-13-23(29-14-17)25(32)30-22-8-4-2-6-20(22)24-15-33-26(31-24)19-5-1-3-7-21(19)28/h1-15,29H,(H,30,32). The highest BCUT2D eigenvalue weighted by Gasteiger charge is 2.16. The van der Waals surface area contributed by atoms with Crippen molar-refractivity contribution in [3.8, 4) is 33.0 Å². The molecule has 5 rings (SSSR count). The van der Waals surface area contributed by atoms with E-state index in [4.69, 9.17) is 0 Å². The van der Waals surface area contributed by atoms with Crippen LogP contribution in [0.3, 0.4) is 0 Å². The summed E-state index contributed by atoms with van der Waals surface area (Å²) in [6.45, 7) is 0. The molecule has 0 bridgehead atoms. The molecule has 2 aromatic heterocycles. The Hall–Kier alpha value is -4.10. The Morgan fingerprint density at radius 3 is 2.39 bits per heavy atom. The first-order valence-electron chi connectivity index (χ1n) is 10.1. The van der Waals surface area contributed by atoms with Crippen molar-refractivity contribution in [1.82, 2.24) is 9.97 Å². The molecule has 0 atom stereocenters. The van der Waals surface area contributed by atoms with E-state index in [1.807, 2.05) is 23.6 Å². The molecule has 0 saturated heterocycles. The van der Waals surface area contributed by atoms with Gasteiger partial charge in [0, 0.05) is 22.7 Å². The number of para-hydroxylation sites is 1. The van der Waals surface area contributed by atoms with Gasteiger partial charge in [0.15, 0.2) is 0 Å². The van der Waals surface area contributed by atoms with E-state index in [1.54, 1.807) is 48.7 Å². The average Bonchev–Trinajstić information content (AvgIpc) is 3.51. The molecule has 0 fully saturated rings. The predicted octanol–water partition coefficient (Wildman–Crippen LogP) is 7.00. The van der Waals surface area contributed by atoms with Crippen LogP contribution in [0.15, 0.2) is 90.4 Å². The molecular weight excluding hydrogens is 440 g/mol. The Balaban J connectivity index is 1.40. The third-order valence-electron chi connectivity index (χ3n) is 5.16. The zero-order valence-electron chi connectivity index (χ0n) is 17.2. The minimum Gasteiger partial charge on any atom is -0.357 e. The molecule has 0 radical (unpaired) electrons. The molecule has 4 nitrogen and oxygen atoms in total. The van der Waals surface area contributed by atoms with E-state index >= 15 is 0 Å². The molecule has 2 N–H and O–H groups in total. The van der Waals surface area contributed by atoms with Gasteiger partial charge in [0.05, 0.1) is 11.4 Å². The van der Waals surface area contributed by atoms with E-state index in [9.17, 15) is 13.6 Å². The minimum absolute atomic E-state index is 0.316. The number of anilines is 1. The number of rotatable bonds is 5. The predicted molar refractivity (Wildman–Crippen MR) is 127 cm³/mol. The molecule has 0 aliphatic heterocycles. The lowest BCUT2D eigenvalue weighted by molar-refractivity contribution is 0.102. The fourth-order valence-corrected chi connectivity index (χ4v) is 4.34. The molecule has 1 amide bonds. The largest absolute Gasteiger partial charge is 0.357 e. The summed E-state index contributed by atoms with van der Waals surface area (Å²) >= 11 is 1.34. The quantitative estimate of drug-likeness (QED) is 0.298. The molecule has 5 aromatic rings. The van der Waals surface area contributed by atoms with Gasteiger partial charge in [-0.1, -0.05) is 42.5 Å². The second kappa shape index (κ2) is 8.80. The van der Waals surface area contributed by atoms with Gasteiger partial charge in [0.1, 0.15) is 22.3 Å². The number of aromatic nitrogens is 2. The van der Waals surface area contributed by atoms with Gasteiger partial charge in [-0.05, 0) is 47.5 Å². The number of halogens is 2. The van der Waals surface area contributed by atoms with Gasteiger partial charge in [0.25, 0.3) is 5.91 Å². The Kier molecular flexibility index (Phi) is 5.54. The summed E-state index contributed by atoms with van der Waals surface area (Å²) in [5, 5.41) is 5.33. The van der Waals surface area contributed by atoms with E-state index in [1.165, 1.54) is 29.5 Å². The number of benzene rings is 3. The van der Waals surface area contributed by atoms with Gasteiger partial charge in [-0.25, -0.2) is 13.8 Å². The molecule has 0 spiro atoms. The van der Waals surface area contributed by atoms with Crippen molar-refractivity contribution in [2.24, 2.45) is 0 Å². The molecule has 162 valence electrons. The van der Waals surface area contributed by atoms with Crippen LogP contribution in [0, 0.1) is 11.6 Å². The van der Waals surface area contributed by atoms with Crippen LogP contribution in [-0.4, -0.2) is 15.9 Å². The normalized spacial score (nSPS) is 10.8. The number of amides is 1. The maximum atomic E-state index is 14.2. The molecular formula is C26H17F2N3OS. The van der Waals surface area contributed by atoms with Gasteiger partial charge < -0.3 is 10.3 Å². The van der Waals surface area contributed by atoms with Crippen molar-refractivity contribution < 1.29 is 13.6 Å². The van der Waals surface area contributed by atoms with E-state index in [0.29, 0.717) is 27.6 Å². The molecule has 0 aliphatic rings. The van der Waals surface area contributed by atoms with E-state index in [2.05, 4.69) is 15.3 Å². The monoisotopic (exact) mass is 457 g/mol. The van der Waals surface area contributed by atoms with Crippen LogP contribution >= 0.6 is 11.3 Å². The number of nitrogens with one attached hydrogen (secondary N) is 2. The number of thiazole rings is 1. The molecule has 0 unspecified atom stereocenters. The van der Waals surface area contributed by atoms with Gasteiger partial charge >= 0.3 is 0 Å². The third kappa shape index (κ3) is 4.31. The average molecular weight is 458 g/mol. The zero-order valence-corrected chi connectivity index (χ0v) is 18.0. The maximum absolute atomic E-state index is 14.2. The van der Waals surface area contributed by atoms with Crippen molar-refractivity contribution in [3.63, 3.8) is 0 Å². The summed E-state index contributed by atoms with van der Waals surface area (Å²) < 4.78 is 27.3. The van der Waals surface area contributed by atoms with Crippen LogP contribution in [0.4, 0.5) is 14.5 Å². The Bertz CT molecular complexity index is 1440. The Morgan fingerprint density at radius 2 is 1.61 bits per heavy atom. The summed E-state index contributed by atoms with van der Waals surface area (Å²) in [7, 11) is 0. The summed E-state index contributed by atoms with van der Waals surface area (Å²) in [5.41, 5.74) is 4.36. The van der Waals surface area contributed by atoms with Gasteiger partial charge in [-0.2, -0.15) is 0 Å². The van der Waals surface area contributed by atoms with Gasteiger partial charge in [0.2, 0.25) is 0 Å². The highest BCUT2D eigenvalue weighted by atomic mass is 32.1. The van der Waals surface area contributed by atoms with Crippen molar-refractivity contribution in [3.05, 3.63) is 108 Å². The highest BCUT2D eigenvalue weighted by molar-refractivity contribution is 7.13. The van der Waals surface area contributed by atoms with Crippen LogP contribution in [0.5, 0.6) is 0 Å².